The van der Waals surface area contributed by atoms with E-state index in [4.69, 9.17) is 10.3 Å². The fourth-order valence-electron chi connectivity index (χ4n) is 3.05. The minimum atomic E-state index is -0.274. The molecule has 0 amide bonds. The van der Waals surface area contributed by atoms with Crippen LogP contribution in [0.5, 0.6) is 5.75 Å². The third-order valence-corrected chi connectivity index (χ3v) is 3.96. The molecule has 0 N–H and O–H groups in total. The Kier molecular flexibility index (Phi) is 3.73. The second-order valence-corrected chi connectivity index (χ2v) is 5.57. The topological polar surface area (TPSA) is 58.0 Å². The summed E-state index contributed by atoms with van der Waals surface area (Å²) in [7, 11) is 0. The lowest BCUT2D eigenvalue weighted by Crippen LogP contribution is -2.16. The summed E-state index contributed by atoms with van der Waals surface area (Å²) in [5.41, 5.74) is 13.2. The molecule has 2 aromatic rings. The average molecular weight is 297 g/mol. The Labute approximate surface area is 128 Å². The van der Waals surface area contributed by atoms with Crippen molar-refractivity contribution in [2.45, 2.75) is 26.4 Å². The lowest BCUT2D eigenvalue weighted by atomic mass is 9.93. The Hall–Kier alpha value is -2.52. The molecule has 0 saturated carbocycles. The summed E-state index contributed by atoms with van der Waals surface area (Å²) in [5, 5.41) is 3.56. The molecule has 4 nitrogen and oxygen atoms in total. The molecule has 1 unspecified atom stereocenters. The van der Waals surface area contributed by atoms with Crippen LogP contribution in [-0.2, 0) is 6.42 Å². The fourth-order valence-corrected chi connectivity index (χ4v) is 3.05. The number of nitrogens with zero attached hydrogens (tertiary/aromatic N) is 3. The molecule has 3 rings (SSSR count). The molecule has 1 aliphatic heterocycles. The van der Waals surface area contributed by atoms with Gasteiger partial charge in [-0.15, -0.1) is 0 Å². The van der Waals surface area contributed by atoms with Gasteiger partial charge in [-0.3, -0.25) is 0 Å². The molecule has 2 aromatic carbocycles. The number of ether oxygens (including phenoxy) is 1. The maximum Gasteiger partial charge on any atom is 0.131 e. The first-order valence-corrected chi connectivity index (χ1v) is 7.16. The zero-order valence-corrected chi connectivity index (χ0v) is 12.5. The smallest absolute Gasteiger partial charge is 0.131 e. The van der Waals surface area contributed by atoms with Crippen molar-refractivity contribution in [3.8, 4) is 16.9 Å². The number of fused-ring (bicyclic) bond motifs is 1. The van der Waals surface area contributed by atoms with E-state index in [1.54, 1.807) is 0 Å². The van der Waals surface area contributed by atoms with Crippen LogP contribution in [0, 0.1) is 19.7 Å². The van der Waals surface area contributed by atoms with Gasteiger partial charge >= 0.3 is 0 Å². The van der Waals surface area contributed by atoms with Crippen molar-refractivity contribution in [3.05, 3.63) is 63.3 Å². The van der Waals surface area contributed by atoms with E-state index >= 15 is 0 Å². The van der Waals surface area contributed by atoms with Crippen LogP contribution in [0.2, 0.25) is 0 Å². The monoisotopic (exact) mass is 297 g/mol. The van der Waals surface area contributed by atoms with Gasteiger partial charge in [-0.25, -0.2) is 4.39 Å². The van der Waals surface area contributed by atoms with E-state index in [1.165, 1.54) is 12.1 Å². The summed E-state index contributed by atoms with van der Waals surface area (Å²) in [6, 6.07) is 9.02. The second-order valence-electron chi connectivity index (χ2n) is 5.57. The Morgan fingerprint density at radius 3 is 2.73 bits per heavy atom. The molecule has 0 aromatic heterocycles. The minimum absolute atomic E-state index is 0.226. The number of aryl methyl sites for hydroxylation is 2. The van der Waals surface area contributed by atoms with Gasteiger partial charge in [0.25, 0.3) is 0 Å². The van der Waals surface area contributed by atoms with Gasteiger partial charge in [0, 0.05) is 22.5 Å². The maximum atomic E-state index is 14.0. The molecule has 1 atom stereocenters. The van der Waals surface area contributed by atoms with E-state index in [1.807, 2.05) is 32.0 Å². The molecule has 112 valence electrons. The van der Waals surface area contributed by atoms with E-state index < -0.39 is 0 Å². The SMILES string of the molecule is Cc1cccc(C)c1-c1cc(F)cc2c1OC(CN=[N+]=[N-])C2. The summed E-state index contributed by atoms with van der Waals surface area (Å²) >= 11 is 0. The van der Waals surface area contributed by atoms with Gasteiger partial charge in [0.15, 0.2) is 0 Å². The summed E-state index contributed by atoms with van der Waals surface area (Å²) in [4.78, 5) is 2.76. The Morgan fingerprint density at radius 1 is 1.32 bits per heavy atom. The summed E-state index contributed by atoms with van der Waals surface area (Å²) in [5.74, 6) is 0.432. The van der Waals surface area contributed by atoms with E-state index in [2.05, 4.69) is 10.0 Å². The first-order chi connectivity index (χ1) is 10.6. The maximum absolute atomic E-state index is 14.0. The van der Waals surface area contributed by atoms with Crippen molar-refractivity contribution < 1.29 is 9.13 Å². The normalized spacial score (nSPS) is 15.9. The molecular weight excluding hydrogens is 281 g/mol. The van der Waals surface area contributed by atoms with Crippen molar-refractivity contribution >= 4 is 0 Å². The second kappa shape index (κ2) is 5.70. The van der Waals surface area contributed by atoms with E-state index in [-0.39, 0.29) is 18.5 Å². The van der Waals surface area contributed by atoms with Crippen LogP contribution in [0.4, 0.5) is 4.39 Å². The quantitative estimate of drug-likeness (QED) is 0.459. The van der Waals surface area contributed by atoms with Crippen molar-refractivity contribution in [1.82, 2.24) is 0 Å². The predicted molar refractivity (Wildman–Crippen MR) is 83.4 cm³/mol. The van der Waals surface area contributed by atoms with E-state index in [0.717, 1.165) is 27.8 Å². The highest BCUT2D eigenvalue weighted by molar-refractivity contribution is 5.78. The van der Waals surface area contributed by atoms with Gasteiger partial charge in [-0.1, -0.05) is 23.3 Å². The van der Waals surface area contributed by atoms with Crippen molar-refractivity contribution in [3.63, 3.8) is 0 Å². The van der Waals surface area contributed by atoms with Crippen LogP contribution in [-0.4, -0.2) is 12.6 Å². The summed E-state index contributed by atoms with van der Waals surface area (Å²) in [6.07, 6.45) is 0.333. The summed E-state index contributed by atoms with van der Waals surface area (Å²) in [6.45, 7) is 4.26. The van der Waals surface area contributed by atoms with Gasteiger partial charge in [-0.2, -0.15) is 0 Å². The highest BCUT2D eigenvalue weighted by Crippen LogP contribution is 2.42. The van der Waals surface area contributed by atoms with Crippen molar-refractivity contribution in [1.29, 1.82) is 0 Å². The molecule has 0 saturated heterocycles. The van der Waals surface area contributed by atoms with Crippen molar-refractivity contribution in [2.24, 2.45) is 5.11 Å². The molecule has 22 heavy (non-hydrogen) atoms. The Bertz CT molecular complexity index is 761. The number of benzene rings is 2. The van der Waals surface area contributed by atoms with Crippen LogP contribution in [0.15, 0.2) is 35.4 Å². The molecule has 0 aliphatic carbocycles. The molecular formula is C17H16FN3O. The Morgan fingerprint density at radius 2 is 2.05 bits per heavy atom. The number of azide groups is 1. The van der Waals surface area contributed by atoms with Crippen LogP contribution in [0.25, 0.3) is 21.6 Å². The highest BCUT2D eigenvalue weighted by Gasteiger charge is 2.27. The number of rotatable bonds is 3. The molecule has 0 radical (unpaired) electrons. The summed E-state index contributed by atoms with van der Waals surface area (Å²) < 4.78 is 19.9. The predicted octanol–water partition coefficient (Wildman–Crippen LogP) is 4.72. The fraction of sp³-hybridized carbons (Fsp3) is 0.294. The highest BCUT2D eigenvalue weighted by atomic mass is 19.1. The third-order valence-electron chi connectivity index (χ3n) is 3.96. The van der Waals surface area contributed by atoms with Crippen LogP contribution >= 0.6 is 0 Å². The number of hydrogen-bond donors (Lipinski definition) is 0. The lowest BCUT2D eigenvalue weighted by molar-refractivity contribution is 0.242. The third kappa shape index (κ3) is 2.51. The molecule has 5 heteroatoms. The van der Waals surface area contributed by atoms with E-state index in [0.29, 0.717) is 12.2 Å². The van der Waals surface area contributed by atoms with Gasteiger partial charge in [-0.05, 0) is 48.2 Å². The molecule has 1 aliphatic rings. The van der Waals surface area contributed by atoms with Crippen LogP contribution in [0.1, 0.15) is 16.7 Å². The first-order valence-electron chi connectivity index (χ1n) is 7.16. The molecule has 0 spiro atoms. The van der Waals surface area contributed by atoms with Gasteiger partial charge in [0.2, 0.25) is 0 Å². The average Bonchev–Trinajstić information content (AvgIpc) is 2.87. The first kappa shape index (κ1) is 14.4. The minimum Gasteiger partial charge on any atom is -0.489 e. The van der Waals surface area contributed by atoms with Gasteiger partial charge in [0.05, 0.1) is 6.54 Å². The molecule has 0 bridgehead atoms. The number of hydrogen-bond acceptors (Lipinski definition) is 2. The Balaban J connectivity index is 2.10. The molecule has 1 heterocycles. The lowest BCUT2D eigenvalue weighted by Gasteiger charge is -2.15. The van der Waals surface area contributed by atoms with Gasteiger partial charge in [0.1, 0.15) is 17.7 Å². The molecule has 0 fully saturated rings. The van der Waals surface area contributed by atoms with Crippen LogP contribution in [0.3, 0.4) is 0 Å². The van der Waals surface area contributed by atoms with Crippen molar-refractivity contribution in [2.75, 3.05) is 6.54 Å². The van der Waals surface area contributed by atoms with Gasteiger partial charge < -0.3 is 4.74 Å². The zero-order valence-electron chi connectivity index (χ0n) is 12.5. The largest absolute Gasteiger partial charge is 0.489 e. The number of halogens is 1. The van der Waals surface area contributed by atoms with E-state index in [9.17, 15) is 4.39 Å². The standard InChI is InChI=1S/C17H16FN3O/c1-10-4-3-5-11(2)16(10)15-8-13(18)6-12-7-14(9-20-21-19)22-17(12)15/h3-6,8,14H,7,9H2,1-2H3. The zero-order chi connectivity index (χ0) is 15.7. The van der Waals surface area contributed by atoms with Crippen LogP contribution < -0.4 is 4.74 Å².